The van der Waals surface area contributed by atoms with Crippen LogP contribution < -0.4 is 0 Å². The predicted octanol–water partition coefficient (Wildman–Crippen LogP) is 3.56. The minimum atomic E-state index is -0.954. The second kappa shape index (κ2) is 7.27. The van der Waals surface area contributed by atoms with E-state index in [1.54, 1.807) is 6.08 Å². The first kappa shape index (κ1) is 13.0. The molecule has 0 fully saturated rings. The highest BCUT2D eigenvalue weighted by Crippen LogP contribution is 2.17. The quantitative estimate of drug-likeness (QED) is 0.275. The van der Waals surface area contributed by atoms with Crippen molar-refractivity contribution in [3.05, 3.63) is 44.5 Å². The molecule has 1 aromatic rings. The van der Waals surface area contributed by atoms with Crippen molar-refractivity contribution in [1.29, 1.82) is 0 Å². The Morgan fingerprint density at radius 3 is 3.12 bits per heavy atom. The van der Waals surface area contributed by atoms with Gasteiger partial charge in [-0.25, -0.2) is 4.79 Å². The van der Waals surface area contributed by atoms with Gasteiger partial charge in [-0.15, -0.1) is 11.3 Å². The van der Waals surface area contributed by atoms with Gasteiger partial charge in [0.2, 0.25) is 0 Å². The van der Waals surface area contributed by atoms with Crippen molar-refractivity contribution in [2.75, 3.05) is 6.54 Å². The topological polar surface area (TPSA) is 86.1 Å². The lowest BCUT2D eigenvalue weighted by Crippen LogP contribution is -1.84. The molecule has 88 valence electrons. The van der Waals surface area contributed by atoms with Crippen molar-refractivity contribution >= 4 is 29.5 Å². The van der Waals surface area contributed by atoms with Crippen LogP contribution in [0.2, 0.25) is 0 Å². The highest BCUT2D eigenvalue weighted by molar-refractivity contribution is 7.11. The van der Waals surface area contributed by atoms with Gasteiger partial charge in [0.15, 0.2) is 0 Å². The van der Waals surface area contributed by atoms with Gasteiger partial charge in [-0.2, -0.15) is 0 Å². The van der Waals surface area contributed by atoms with E-state index in [0.29, 0.717) is 13.0 Å². The highest BCUT2D eigenvalue weighted by Gasteiger charge is 1.94. The monoisotopic (exact) mass is 249 g/mol. The summed E-state index contributed by atoms with van der Waals surface area (Å²) in [5.74, 6) is -0.954. The number of hydrogen-bond acceptors (Lipinski definition) is 3. The minimum absolute atomic E-state index is 0.447. The molecule has 1 aromatic heterocycles. The van der Waals surface area contributed by atoms with E-state index in [4.69, 9.17) is 10.6 Å². The zero-order chi connectivity index (χ0) is 12.5. The van der Waals surface area contributed by atoms with E-state index in [1.165, 1.54) is 11.3 Å². The smallest absolute Gasteiger partial charge is 0.328 e. The van der Waals surface area contributed by atoms with Crippen molar-refractivity contribution in [3.63, 3.8) is 0 Å². The number of nitrogens with zero attached hydrogens (tertiary/aromatic N) is 3. The summed E-state index contributed by atoms with van der Waals surface area (Å²) in [6, 6.07) is 1.90. The fraction of sp³-hybridized carbons (Fsp3) is 0.182. The largest absolute Gasteiger partial charge is 0.478 e. The molecular formula is C11H11N3O2S. The van der Waals surface area contributed by atoms with Crippen LogP contribution >= 0.6 is 11.3 Å². The third-order valence-corrected chi connectivity index (χ3v) is 2.72. The van der Waals surface area contributed by atoms with Crippen LogP contribution in [-0.2, 0) is 4.79 Å². The Morgan fingerprint density at radius 2 is 2.41 bits per heavy atom. The van der Waals surface area contributed by atoms with Crippen LogP contribution in [0.5, 0.6) is 0 Å². The molecule has 0 aromatic carbocycles. The number of carboxylic acid groups (broad SMARTS) is 1. The third kappa shape index (κ3) is 5.55. The molecule has 0 radical (unpaired) electrons. The van der Waals surface area contributed by atoms with Crippen LogP contribution in [0, 0.1) is 0 Å². The first-order valence-electron chi connectivity index (χ1n) is 4.89. The molecule has 6 heteroatoms. The Labute approximate surface area is 102 Å². The maximum atomic E-state index is 10.3. The normalized spacial score (nSPS) is 10.8. The number of carbonyl (C=O) groups is 1. The SMILES string of the molecule is [N-]=[N+]=NCCC=Cc1csc(/C=C/C(=O)O)c1. The van der Waals surface area contributed by atoms with Gasteiger partial charge in [0, 0.05) is 22.4 Å². The molecular weight excluding hydrogens is 238 g/mol. The van der Waals surface area contributed by atoms with Crippen LogP contribution in [0.15, 0.2) is 28.7 Å². The van der Waals surface area contributed by atoms with Crippen molar-refractivity contribution in [2.45, 2.75) is 6.42 Å². The number of rotatable bonds is 6. The first-order valence-corrected chi connectivity index (χ1v) is 5.77. The highest BCUT2D eigenvalue weighted by atomic mass is 32.1. The first-order chi connectivity index (χ1) is 8.22. The number of carboxylic acids is 1. The fourth-order valence-corrected chi connectivity index (χ4v) is 1.86. The zero-order valence-corrected chi connectivity index (χ0v) is 9.80. The molecule has 0 aliphatic carbocycles. The maximum absolute atomic E-state index is 10.3. The lowest BCUT2D eigenvalue weighted by Gasteiger charge is -1.84. The number of aliphatic carboxylic acids is 1. The van der Waals surface area contributed by atoms with Gasteiger partial charge >= 0.3 is 5.97 Å². The average Bonchev–Trinajstić information content (AvgIpc) is 2.74. The van der Waals surface area contributed by atoms with Gasteiger partial charge in [0.1, 0.15) is 0 Å². The Hall–Kier alpha value is -2.04. The molecule has 0 spiro atoms. The Kier molecular flexibility index (Phi) is 5.57. The summed E-state index contributed by atoms with van der Waals surface area (Å²) in [6.45, 7) is 0.447. The minimum Gasteiger partial charge on any atom is -0.478 e. The second-order valence-corrected chi connectivity index (χ2v) is 4.04. The zero-order valence-electron chi connectivity index (χ0n) is 8.98. The van der Waals surface area contributed by atoms with Crippen molar-refractivity contribution in [2.24, 2.45) is 5.11 Å². The summed E-state index contributed by atoms with van der Waals surface area (Å²) in [5.41, 5.74) is 9.08. The van der Waals surface area contributed by atoms with Gasteiger partial charge in [-0.3, -0.25) is 0 Å². The molecule has 0 aliphatic heterocycles. The van der Waals surface area contributed by atoms with Crippen molar-refractivity contribution < 1.29 is 9.90 Å². The molecule has 5 nitrogen and oxygen atoms in total. The summed E-state index contributed by atoms with van der Waals surface area (Å²) in [5, 5.41) is 13.8. The molecule has 0 bridgehead atoms. The summed E-state index contributed by atoms with van der Waals surface area (Å²) in [4.78, 5) is 13.9. The van der Waals surface area contributed by atoms with Crippen molar-refractivity contribution in [3.8, 4) is 0 Å². The van der Waals surface area contributed by atoms with E-state index >= 15 is 0 Å². The molecule has 0 saturated carbocycles. The van der Waals surface area contributed by atoms with Crippen LogP contribution in [0.4, 0.5) is 0 Å². The Morgan fingerprint density at radius 1 is 1.59 bits per heavy atom. The number of azide groups is 1. The van der Waals surface area contributed by atoms with E-state index < -0.39 is 5.97 Å². The molecule has 1 N–H and O–H groups in total. The molecule has 17 heavy (non-hydrogen) atoms. The van der Waals surface area contributed by atoms with Crippen LogP contribution in [0.1, 0.15) is 16.9 Å². The van der Waals surface area contributed by atoms with E-state index in [2.05, 4.69) is 10.0 Å². The summed E-state index contributed by atoms with van der Waals surface area (Å²) in [7, 11) is 0. The molecule has 1 rings (SSSR count). The molecule has 0 unspecified atom stereocenters. The molecule has 0 amide bonds. The number of thiophene rings is 1. The molecule has 0 atom stereocenters. The van der Waals surface area contributed by atoms with E-state index in [0.717, 1.165) is 16.5 Å². The molecule has 1 heterocycles. The lowest BCUT2D eigenvalue weighted by molar-refractivity contribution is -0.131. The van der Waals surface area contributed by atoms with Gasteiger partial charge in [0.25, 0.3) is 0 Å². The van der Waals surface area contributed by atoms with Gasteiger partial charge in [0.05, 0.1) is 0 Å². The van der Waals surface area contributed by atoms with Gasteiger partial charge in [-0.05, 0) is 35.0 Å². The second-order valence-electron chi connectivity index (χ2n) is 3.10. The predicted molar refractivity (Wildman–Crippen MR) is 68.7 cm³/mol. The lowest BCUT2D eigenvalue weighted by atomic mass is 10.2. The van der Waals surface area contributed by atoms with E-state index in [9.17, 15) is 4.79 Å². The Balaban J connectivity index is 2.50. The summed E-state index contributed by atoms with van der Waals surface area (Å²) >= 11 is 1.48. The maximum Gasteiger partial charge on any atom is 0.328 e. The average molecular weight is 249 g/mol. The molecule has 0 aliphatic rings. The Bertz CT molecular complexity index is 485. The van der Waals surface area contributed by atoms with Crippen LogP contribution in [0.3, 0.4) is 0 Å². The standard InChI is InChI=1S/C11H11N3O2S/c12-14-13-6-2-1-3-9-7-10(17-8-9)4-5-11(15)16/h1,3-5,7-8H,2,6H2,(H,15,16)/b3-1?,5-4+. The van der Waals surface area contributed by atoms with E-state index in [-0.39, 0.29) is 0 Å². The molecule has 0 saturated heterocycles. The third-order valence-electron chi connectivity index (χ3n) is 1.80. The van der Waals surface area contributed by atoms with Crippen LogP contribution in [0.25, 0.3) is 22.6 Å². The summed E-state index contributed by atoms with van der Waals surface area (Å²) in [6.07, 6.45) is 7.20. The van der Waals surface area contributed by atoms with E-state index in [1.807, 2.05) is 23.6 Å². The van der Waals surface area contributed by atoms with Gasteiger partial charge < -0.3 is 5.11 Å². The number of hydrogen-bond donors (Lipinski definition) is 1. The summed E-state index contributed by atoms with van der Waals surface area (Å²) < 4.78 is 0. The van der Waals surface area contributed by atoms with Gasteiger partial charge in [-0.1, -0.05) is 17.3 Å². The van der Waals surface area contributed by atoms with Crippen LogP contribution in [-0.4, -0.2) is 17.6 Å². The van der Waals surface area contributed by atoms with Crippen molar-refractivity contribution in [1.82, 2.24) is 0 Å². The fourth-order valence-electron chi connectivity index (χ4n) is 1.09.